The van der Waals surface area contributed by atoms with Crippen LogP contribution in [0.2, 0.25) is 0 Å². The average Bonchev–Trinajstić information content (AvgIpc) is 2.97. The fraction of sp³-hybridized carbons (Fsp3) is 0.211. The molecular formula is C19H18N2O3S. The minimum Gasteiger partial charge on any atom is -0.497 e. The fourth-order valence-electron chi connectivity index (χ4n) is 2.62. The van der Waals surface area contributed by atoms with Gasteiger partial charge in [-0.1, -0.05) is 23.9 Å². The minimum atomic E-state index is -0.756. The van der Waals surface area contributed by atoms with Gasteiger partial charge in [-0.2, -0.15) is 0 Å². The molecular weight excluding hydrogens is 336 g/mol. The Hall–Kier alpha value is -2.60. The second-order valence-corrected chi connectivity index (χ2v) is 6.71. The second kappa shape index (κ2) is 7.11. The van der Waals surface area contributed by atoms with Crippen LogP contribution < -0.4 is 4.74 Å². The number of hydrogen-bond donors (Lipinski definition) is 0. The first-order chi connectivity index (χ1) is 12.0. The maximum Gasteiger partial charge on any atom is 0.174 e. The molecule has 25 heavy (non-hydrogen) atoms. The van der Waals surface area contributed by atoms with Crippen LogP contribution in [0.3, 0.4) is 0 Å². The van der Waals surface area contributed by atoms with Crippen molar-refractivity contribution in [1.82, 2.24) is 9.55 Å². The molecule has 128 valence electrons. The molecule has 0 atom stereocenters. The normalized spacial score (nSPS) is 11.0. The number of carbonyl (C=O) groups is 2. The SMILES string of the molecule is COc1ccc(-n2c(SC(C(C)=O)C(C)=O)nc3ccccc32)cc1. The number of Topliss-reactive ketones (excluding diaryl/α,β-unsaturated/α-hetero) is 2. The van der Waals surface area contributed by atoms with Crippen molar-refractivity contribution in [3.8, 4) is 11.4 Å². The Bertz CT molecular complexity index is 917. The maximum absolute atomic E-state index is 11.8. The van der Waals surface area contributed by atoms with Gasteiger partial charge < -0.3 is 4.74 Å². The molecule has 0 aliphatic carbocycles. The first-order valence-corrected chi connectivity index (χ1v) is 8.68. The Labute approximate surface area is 150 Å². The number of para-hydroxylation sites is 2. The molecule has 0 fully saturated rings. The van der Waals surface area contributed by atoms with E-state index >= 15 is 0 Å². The zero-order valence-electron chi connectivity index (χ0n) is 14.2. The molecule has 1 aromatic heterocycles. The van der Waals surface area contributed by atoms with Crippen LogP contribution in [-0.4, -0.2) is 33.5 Å². The van der Waals surface area contributed by atoms with Gasteiger partial charge in [-0.05, 0) is 50.2 Å². The number of hydrogen-bond acceptors (Lipinski definition) is 5. The second-order valence-electron chi connectivity index (χ2n) is 5.64. The molecule has 0 aliphatic heterocycles. The highest BCUT2D eigenvalue weighted by Crippen LogP contribution is 2.31. The third kappa shape index (κ3) is 3.44. The summed E-state index contributed by atoms with van der Waals surface area (Å²) in [5.41, 5.74) is 2.62. The van der Waals surface area contributed by atoms with Gasteiger partial charge in [-0.3, -0.25) is 14.2 Å². The van der Waals surface area contributed by atoms with Crippen LogP contribution in [0, 0.1) is 0 Å². The van der Waals surface area contributed by atoms with Crippen LogP contribution in [0.1, 0.15) is 13.8 Å². The highest BCUT2D eigenvalue weighted by atomic mass is 32.2. The van der Waals surface area contributed by atoms with Crippen molar-refractivity contribution in [2.45, 2.75) is 24.3 Å². The number of ketones is 2. The molecule has 3 rings (SSSR count). The van der Waals surface area contributed by atoms with Gasteiger partial charge in [0.2, 0.25) is 0 Å². The predicted molar refractivity (Wildman–Crippen MR) is 98.6 cm³/mol. The summed E-state index contributed by atoms with van der Waals surface area (Å²) in [7, 11) is 1.62. The van der Waals surface area contributed by atoms with E-state index in [1.807, 2.05) is 53.1 Å². The van der Waals surface area contributed by atoms with Crippen LogP contribution in [0.4, 0.5) is 0 Å². The van der Waals surface area contributed by atoms with Crippen LogP contribution >= 0.6 is 11.8 Å². The van der Waals surface area contributed by atoms with Gasteiger partial charge in [-0.25, -0.2) is 4.98 Å². The first kappa shape index (κ1) is 17.2. The van der Waals surface area contributed by atoms with E-state index in [0.717, 1.165) is 22.5 Å². The molecule has 0 amide bonds. The highest BCUT2D eigenvalue weighted by molar-refractivity contribution is 8.01. The predicted octanol–water partition coefficient (Wildman–Crippen LogP) is 3.67. The van der Waals surface area contributed by atoms with Crippen LogP contribution in [0.5, 0.6) is 5.75 Å². The van der Waals surface area contributed by atoms with Gasteiger partial charge >= 0.3 is 0 Å². The van der Waals surface area contributed by atoms with E-state index in [0.29, 0.717) is 5.16 Å². The molecule has 0 saturated carbocycles. The maximum atomic E-state index is 11.8. The number of aromatic nitrogens is 2. The fourth-order valence-corrected chi connectivity index (χ4v) is 3.62. The van der Waals surface area contributed by atoms with E-state index in [4.69, 9.17) is 4.74 Å². The molecule has 0 bridgehead atoms. The van der Waals surface area contributed by atoms with E-state index in [-0.39, 0.29) is 11.6 Å². The lowest BCUT2D eigenvalue weighted by atomic mass is 10.2. The standard InChI is InChI=1S/C19H18N2O3S/c1-12(22)18(13(2)23)25-19-20-16-6-4-5-7-17(16)21(19)14-8-10-15(24-3)11-9-14/h4-11,18H,1-3H3. The summed E-state index contributed by atoms with van der Waals surface area (Å²) < 4.78 is 7.17. The van der Waals surface area contributed by atoms with Crippen molar-refractivity contribution < 1.29 is 14.3 Å². The van der Waals surface area contributed by atoms with Crippen molar-refractivity contribution in [2.24, 2.45) is 0 Å². The van der Waals surface area contributed by atoms with E-state index in [9.17, 15) is 9.59 Å². The number of ether oxygens (including phenoxy) is 1. The summed E-state index contributed by atoms with van der Waals surface area (Å²) in [5, 5.41) is -0.143. The lowest BCUT2D eigenvalue weighted by molar-refractivity contribution is -0.123. The molecule has 3 aromatic rings. The number of nitrogens with zero attached hydrogens (tertiary/aromatic N) is 2. The Morgan fingerprint density at radius 1 is 1.04 bits per heavy atom. The van der Waals surface area contributed by atoms with Crippen molar-refractivity contribution in [3.05, 3.63) is 48.5 Å². The zero-order valence-corrected chi connectivity index (χ0v) is 15.0. The monoisotopic (exact) mass is 354 g/mol. The number of imidazole rings is 1. The van der Waals surface area contributed by atoms with Gasteiger partial charge in [0.25, 0.3) is 0 Å². The first-order valence-electron chi connectivity index (χ1n) is 7.80. The van der Waals surface area contributed by atoms with E-state index in [1.165, 1.54) is 25.6 Å². The molecule has 0 aliphatic rings. The number of rotatable bonds is 6. The molecule has 2 aromatic carbocycles. The topological polar surface area (TPSA) is 61.2 Å². The Balaban J connectivity index is 2.14. The van der Waals surface area contributed by atoms with Gasteiger partial charge in [0.05, 0.1) is 18.1 Å². The number of thioether (sulfide) groups is 1. The lowest BCUT2D eigenvalue weighted by Gasteiger charge is -2.13. The number of carbonyl (C=O) groups excluding carboxylic acids is 2. The molecule has 0 spiro atoms. The summed E-state index contributed by atoms with van der Waals surface area (Å²) in [6.07, 6.45) is 0. The third-order valence-electron chi connectivity index (χ3n) is 3.82. The largest absolute Gasteiger partial charge is 0.497 e. The van der Waals surface area contributed by atoms with Crippen LogP contribution in [0.25, 0.3) is 16.7 Å². The van der Waals surface area contributed by atoms with E-state index in [2.05, 4.69) is 4.98 Å². The quantitative estimate of drug-likeness (QED) is 0.499. The molecule has 0 N–H and O–H groups in total. The van der Waals surface area contributed by atoms with Gasteiger partial charge in [0.15, 0.2) is 16.7 Å². The van der Waals surface area contributed by atoms with Crippen LogP contribution in [0.15, 0.2) is 53.7 Å². The average molecular weight is 354 g/mol. The summed E-state index contributed by atoms with van der Waals surface area (Å²) in [6, 6.07) is 15.3. The number of benzene rings is 2. The van der Waals surface area contributed by atoms with Gasteiger partial charge in [0, 0.05) is 5.69 Å². The van der Waals surface area contributed by atoms with Crippen LogP contribution in [-0.2, 0) is 9.59 Å². The summed E-state index contributed by atoms with van der Waals surface area (Å²) >= 11 is 1.18. The van der Waals surface area contributed by atoms with Gasteiger partial charge in [-0.15, -0.1) is 0 Å². The lowest BCUT2D eigenvalue weighted by Crippen LogP contribution is -2.22. The summed E-state index contributed by atoms with van der Waals surface area (Å²) in [4.78, 5) is 28.3. The summed E-state index contributed by atoms with van der Waals surface area (Å²) in [5.74, 6) is 0.407. The summed E-state index contributed by atoms with van der Waals surface area (Å²) in [6.45, 7) is 2.86. The van der Waals surface area contributed by atoms with Crippen molar-refractivity contribution >= 4 is 34.4 Å². The van der Waals surface area contributed by atoms with Gasteiger partial charge in [0.1, 0.15) is 11.0 Å². The molecule has 0 radical (unpaired) electrons. The highest BCUT2D eigenvalue weighted by Gasteiger charge is 2.24. The van der Waals surface area contributed by atoms with E-state index < -0.39 is 5.25 Å². The van der Waals surface area contributed by atoms with E-state index in [1.54, 1.807) is 7.11 Å². The smallest absolute Gasteiger partial charge is 0.174 e. The zero-order chi connectivity index (χ0) is 18.0. The Kier molecular flexibility index (Phi) is 4.90. The number of methoxy groups -OCH3 is 1. The number of fused-ring (bicyclic) bond motifs is 1. The Morgan fingerprint density at radius 2 is 1.68 bits per heavy atom. The van der Waals surface area contributed by atoms with Crippen molar-refractivity contribution in [2.75, 3.05) is 7.11 Å². The molecule has 0 saturated heterocycles. The minimum absolute atomic E-state index is 0.175. The molecule has 0 unspecified atom stereocenters. The molecule has 5 nitrogen and oxygen atoms in total. The third-order valence-corrected chi connectivity index (χ3v) is 5.21. The Morgan fingerprint density at radius 3 is 2.28 bits per heavy atom. The molecule has 1 heterocycles. The van der Waals surface area contributed by atoms with Crippen molar-refractivity contribution in [3.63, 3.8) is 0 Å². The van der Waals surface area contributed by atoms with Crippen molar-refractivity contribution in [1.29, 1.82) is 0 Å². The molecule has 6 heteroatoms.